The molecule has 104 heavy (non-hydrogen) atoms. The standard InChI is InChI=1S/C72H86ClN8O21PS/c1-5-77(71(89)100-46-48-15-17-50(18-16-48)75-63(83)44-74-68(86)67(47(3)4)76-62(82)24-29-94-31-33-96-35-37-98-39-40-99-38-36-97-34-32-95-30-28-80-64(84)21-22-65(80)85)26-27-78(6-2)72(90)101-58-41-56-52(51-11-7-8-12-53(51)58)23-25-79(56)69(87)60-19-20-61(104-60)70(88)81-45-49(43-73)66-55-14-10-9-13-54(55)59(42-57(66)81)102-103(91,92)93/h7-22,41-42,47,49,67H,5-6,23-40,43-46H2,1-4H3,(H,74,86)(H,75,83)(H,76,82)(H2,91,92,93)/t49-,67?/m1/s1. The molecule has 6 aromatic rings. The minimum absolute atomic E-state index is 0.00501. The molecule has 9 amide bonds. The first-order valence-corrected chi connectivity index (χ1v) is 37.0. The molecule has 5 N–H and O–H groups in total. The molecule has 558 valence electrons. The van der Waals surface area contributed by atoms with E-state index in [1.165, 1.54) is 32.9 Å². The van der Waals surface area contributed by atoms with Gasteiger partial charge in [-0.05, 0) is 77.9 Å². The Morgan fingerprint density at radius 3 is 1.74 bits per heavy atom. The fourth-order valence-corrected chi connectivity index (χ4v) is 13.4. The number of imide groups is 1. The van der Waals surface area contributed by atoms with Crippen molar-refractivity contribution in [2.45, 2.75) is 59.1 Å². The topological polar surface area (TPSA) is 347 Å². The molecule has 2 atom stereocenters. The molecule has 1 aromatic heterocycles. The number of likely N-dealkylation sites (N-methyl/N-ethyl adjacent to an activating group) is 2. The second kappa shape index (κ2) is 38.7. The summed E-state index contributed by atoms with van der Waals surface area (Å²) < 4.78 is 61.8. The lowest BCUT2D eigenvalue weighted by Crippen LogP contribution is -2.51. The fraction of sp³-hybridized carbons (Fsp3) is 0.431. The maximum absolute atomic E-state index is 14.5. The molecule has 4 heterocycles. The summed E-state index contributed by atoms with van der Waals surface area (Å²) in [6, 6.07) is 26.3. The first kappa shape index (κ1) is 79.2. The van der Waals surface area contributed by atoms with Gasteiger partial charge in [0.15, 0.2) is 0 Å². The van der Waals surface area contributed by atoms with Crippen molar-refractivity contribution in [1.82, 2.24) is 25.3 Å². The molecule has 0 bridgehead atoms. The number of ether oxygens (including phenoxy) is 8. The Labute approximate surface area is 610 Å². The van der Waals surface area contributed by atoms with Crippen molar-refractivity contribution >= 4 is 123 Å². The van der Waals surface area contributed by atoms with Crippen molar-refractivity contribution in [2.75, 3.05) is 153 Å². The van der Waals surface area contributed by atoms with Crippen LogP contribution in [0.2, 0.25) is 0 Å². The highest BCUT2D eigenvalue weighted by Crippen LogP contribution is 2.50. The highest BCUT2D eigenvalue weighted by Gasteiger charge is 2.38. The van der Waals surface area contributed by atoms with Gasteiger partial charge >= 0.3 is 20.0 Å². The molecule has 29 nitrogen and oxygen atoms in total. The third-order valence-electron chi connectivity index (χ3n) is 17.1. The number of hydrogen-bond donors (Lipinski definition) is 5. The van der Waals surface area contributed by atoms with Gasteiger partial charge in [-0.3, -0.25) is 48.2 Å². The molecule has 5 aromatic carbocycles. The number of alkyl halides is 1. The first-order chi connectivity index (χ1) is 50.2. The summed E-state index contributed by atoms with van der Waals surface area (Å²) >= 11 is 7.48. The number of nitrogens with zero attached hydrogens (tertiary/aromatic N) is 5. The molecular formula is C72H86ClN8O21PS. The second-order valence-electron chi connectivity index (χ2n) is 24.4. The number of phosphoric ester groups is 1. The van der Waals surface area contributed by atoms with Crippen LogP contribution in [-0.4, -0.2) is 222 Å². The number of hydrogen-bond acceptors (Lipinski definition) is 20. The largest absolute Gasteiger partial charge is 0.524 e. The van der Waals surface area contributed by atoms with E-state index in [4.69, 9.17) is 54.0 Å². The van der Waals surface area contributed by atoms with Gasteiger partial charge in [0.05, 0.1) is 114 Å². The van der Waals surface area contributed by atoms with Crippen LogP contribution in [0.15, 0.2) is 109 Å². The summed E-state index contributed by atoms with van der Waals surface area (Å²) in [7, 11) is -4.99. The van der Waals surface area contributed by atoms with Crippen LogP contribution in [0.5, 0.6) is 11.5 Å². The molecule has 3 aliphatic heterocycles. The molecule has 32 heteroatoms. The minimum Gasteiger partial charge on any atom is -0.445 e. The second-order valence-corrected chi connectivity index (χ2v) is 27.0. The molecule has 1 unspecified atom stereocenters. The maximum atomic E-state index is 14.5. The third-order valence-corrected chi connectivity index (χ3v) is 19.0. The van der Waals surface area contributed by atoms with Crippen LogP contribution in [0.4, 0.5) is 26.7 Å². The Bertz CT molecular complexity index is 4100. The molecular weight excluding hydrogens is 1410 g/mol. The lowest BCUT2D eigenvalue weighted by molar-refractivity contribution is -0.137. The number of amides is 9. The monoisotopic (exact) mass is 1500 g/mol. The van der Waals surface area contributed by atoms with Crippen LogP contribution in [0.1, 0.15) is 76.1 Å². The molecule has 0 radical (unpaired) electrons. The maximum Gasteiger partial charge on any atom is 0.524 e. The van der Waals surface area contributed by atoms with Crippen LogP contribution in [-0.2, 0) is 74.7 Å². The summed E-state index contributed by atoms with van der Waals surface area (Å²) in [5, 5.41) is 10.5. The minimum atomic E-state index is -4.99. The number of carbonyl (C=O) groups excluding carboxylic acids is 9. The molecule has 0 saturated carbocycles. The van der Waals surface area contributed by atoms with Crippen LogP contribution in [0.25, 0.3) is 21.5 Å². The van der Waals surface area contributed by atoms with Crippen molar-refractivity contribution < 1.29 is 99.9 Å². The third kappa shape index (κ3) is 21.6. The molecule has 3 aliphatic rings. The summed E-state index contributed by atoms with van der Waals surface area (Å²) in [5.74, 6) is -3.29. The lowest BCUT2D eigenvalue weighted by atomic mass is 9.95. The molecule has 0 fully saturated rings. The zero-order valence-corrected chi connectivity index (χ0v) is 60.7. The highest BCUT2D eigenvalue weighted by molar-refractivity contribution is 7.46. The number of nitrogens with one attached hydrogen (secondary N) is 3. The SMILES string of the molecule is CCN(CCN(CC)C(=O)Oc1cc2c(c3ccccc13)CCN2C(=O)c1ccc(C(=O)N2C[C@@H](CCl)c3c2cc(OP(=O)(O)O)c2ccccc32)s1)C(=O)OCc1ccc(NC(=O)CNC(=O)C(NC(=O)CCOCCOCCOCCOCCOCCOCCN2C(=O)C=CC2=O)C(C)C)cc1. The molecule has 0 spiro atoms. The van der Waals surface area contributed by atoms with Gasteiger partial charge in [-0.1, -0.05) is 74.5 Å². The first-order valence-electron chi connectivity index (χ1n) is 34.2. The number of fused-ring (bicyclic) bond motifs is 6. The van der Waals surface area contributed by atoms with Crippen LogP contribution >= 0.6 is 30.8 Å². The smallest absolute Gasteiger partial charge is 0.445 e. The van der Waals surface area contributed by atoms with Crippen LogP contribution < -0.4 is 35.0 Å². The van der Waals surface area contributed by atoms with E-state index in [2.05, 4.69) is 16.0 Å². The average molecular weight is 1500 g/mol. The van der Waals surface area contributed by atoms with E-state index >= 15 is 0 Å². The summed E-state index contributed by atoms with van der Waals surface area (Å²) in [6.07, 6.45) is 1.65. The van der Waals surface area contributed by atoms with E-state index < -0.39 is 49.7 Å². The average Bonchev–Trinajstić information content (AvgIpc) is 1.56. The summed E-state index contributed by atoms with van der Waals surface area (Å²) in [4.78, 5) is 145. The van der Waals surface area contributed by atoms with E-state index in [9.17, 15) is 57.5 Å². The van der Waals surface area contributed by atoms with E-state index in [1.807, 2.05) is 24.3 Å². The van der Waals surface area contributed by atoms with Gasteiger partial charge in [0, 0.05) is 98.2 Å². The summed E-state index contributed by atoms with van der Waals surface area (Å²) in [5.41, 5.74) is 3.58. The van der Waals surface area contributed by atoms with E-state index in [1.54, 1.807) is 99.3 Å². The van der Waals surface area contributed by atoms with Gasteiger partial charge < -0.3 is 78.0 Å². The fourth-order valence-electron chi connectivity index (χ4n) is 11.8. The van der Waals surface area contributed by atoms with Crippen molar-refractivity contribution in [1.29, 1.82) is 0 Å². The zero-order valence-electron chi connectivity index (χ0n) is 58.2. The number of thiophene rings is 1. The highest BCUT2D eigenvalue weighted by atomic mass is 35.5. The number of carbonyl (C=O) groups is 9. The number of rotatable bonds is 40. The Hall–Kier alpha value is -8.91. The number of anilines is 3. The van der Waals surface area contributed by atoms with Crippen molar-refractivity contribution in [3.05, 3.63) is 136 Å². The van der Waals surface area contributed by atoms with Crippen molar-refractivity contribution in [2.24, 2.45) is 5.92 Å². The van der Waals surface area contributed by atoms with E-state index in [-0.39, 0.29) is 142 Å². The summed E-state index contributed by atoms with van der Waals surface area (Å²) in [6.45, 7) is 11.7. The number of phosphoric acid groups is 1. The van der Waals surface area contributed by atoms with E-state index in [0.717, 1.165) is 32.7 Å². The Kier molecular flexibility index (Phi) is 29.5. The van der Waals surface area contributed by atoms with Crippen LogP contribution in [0.3, 0.4) is 0 Å². The normalized spacial score (nSPS) is 14.3. The van der Waals surface area contributed by atoms with Gasteiger partial charge in [0.2, 0.25) is 17.7 Å². The Balaban J connectivity index is 0.652. The van der Waals surface area contributed by atoms with Crippen molar-refractivity contribution in [3.8, 4) is 11.5 Å². The molecule has 0 saturated heterocycles. The quantitative estimate of drug-likeness (QED) is 0.0106. The molecule has 9 rings (SSSR count). The Morgan fingerprint density at radius 2 is 1.17 bits per heavy atom. The Morgan fingerprint density at radius 1 is 0.644 bits per heavy atom. The van der Waals surface area contributed by atoms with Gasteiger partial charge in [0.25, 0.3) is 23.6 Å². The molecule has 0 aliphatic carbocycles. The van der Waals surface area contributed by atoms with Crippen LogP contribution in [0, 0.1) is 5.92 Å². The van der Waals surface area contributed by atoms with Gasteiger partial charge in [0.1, 0.15) is 24.1 Å². The predicted octanol–water partition coefficient (Wildman–Crippen LogP) is 7.80. The van der Waals surface area contributed by atoms with Gasteiger partial charge in [-0.15, -0.1) is 22.9 Å². The lowest BCUT2D eigenvalue weighted by Gasteiger charge is -2.26. The number of halogens is 1. The van der Waals surface area contributed by atoms with Gasteiger partial charge in [-0.25, -0.2) is 14.2 Å². The van der Waals surface area contributed by atoms with E-state index in [0.29, 0.717) is 105 Å². The zero-order chi connectivity index (χ0) is 74.3. The van der Waals surface area contributed by atoms with Crippen molar-refractivity contribution in [3.63, 3.8) is 0 Å². The predicted molar refractivity (Wildman–Crippen MR) is 386 cm³/mol. The van der Waals surface area contributed by atoms with Gasteiger partial charge in [-0.2, -0.15) is 0 Å². The number of benzene rings is 5.